The molecule has 1 aliphatic heterocycles. The van der Waals surface area contributed by atoms with Crippen molar-refractivity contribution in [1.82, 2.24) is 0 Å². The first-order valence-corrected chi connectivity index (χ1v) is 21.3. The van der Waals surface area contributed by atoms with E-state index < -0.39 is 16.4 Å². The predicted octanol–water partition coefficient (Wildman–Crippen LogP) is 10.2. The van der Waals surface area contributed by atoms with Crippen molar-refractivity contribution >= 4 is 22.4 Å². The fourth-order valence-electron chi connectivity index (χ4n) is 5.09. The molecule has 1 heterocycles. The molecule has 0 aromatic rings. The van der Waals surface area contributed by atoms with Crippen LogP contribution in [0.3, 0.4) is 0 Å². The molecule has 5 heteroatoms. The Morgan fingerprint density at radius 2 is 1.53 bits per heavy atom. The summed E-state index contributed by atoms with van der Waals surface area (Å²) >= 11 is 0. The minimum absolute atomic E-state index is 0.0000713. The Labute approximate surface area is 227 Å². The Bertz CT molecular complexity index is 700. The zero-order chi connectivity index (χ0) is 27.5. The van der Waals surface area contributed by atoms with Gasteiger partial charge in [-0.25, -0.2) is 0 Å². The van der Waals surface area contributed by atoms with Crippen molar-refractivity contribution in [1.29, 1.82) is 0 Å². The Kier molecular flexibility index (Phi) is 14.0. The summed E-state index contributed by atoms with van der Waals surface area (Å²) in [4.78, 5) is 13.1. The van der Waals surface area contributed by atoms with Gasteiger partial charge in [0, 0.05) is 6.42 Å². The Balaban J connectivity index is 2.96. The fraction of sp³-hybridized carbons (Fsp3) is 0.839. The number of hydrogen-bond donors (Lipinski definition) is 0. The molecule has 3 atom stereocenters. The first-order valence-electron chi connectivity index (χ1n) is 14.9. The van der Waals surface area contributed by atoms with E-state index in [0.29, 0.717) is 0 Å². The zero-order valence-corrected chi connectivity index (χ0v) is 27.7. The molecule has 0 amide bonds. The minimum Gasteiger partial charge on any atom is -0.461 e. The van der Waals surface area contributed by atoms with Gasteiger partial charge >= 0.3 is 5.97 Å². The molecule has 210 valence electrons. The van der Waals surface area contributed by atoms with Crippen LogP contribution in [0.2, 0.25) is 42.8 Å². The van der Waals surface area contributed by atoms with Gasteiger partial charge in [-0.3, -0.25) is 4.79 Å². The van der Waals surface area contributed by atoms with Crippen molar-refractivity contribution in [3.8, 4) is 0 Å². The lowest BCUT2D eigenvalue weighted by Crippen LogP contribution is -2.63. The number of esters is 1. The van der Waals surface area contributed by atoms with Gasteiger partial charge in [-0.2, -0.15) is 0 Å². The van der Waals surface area contributed by atoms with E-state index in [9.17, 15) is 4.79 Å². The Hall–Kier alpha value is -0.656. The van der Waals surface area contributed by atoms with E-state index >= 15 is 0 Å². The molecule has 0 N–H and O–H groups in total. The lowest BCUT2D eigenvalue weighted by atomic mass is 9.85. The SMILES string of the molecule is CCCCC/C=C\C/C=C\C[C@H](C[C@@H]1OC(=O)[C@]1(CCCCCC)[Si](C)(C)C)O[Si](C)(C)C(C)(C)C. The highest BCUT2D eigenvalue weighted by Crippen LogP contribution is 2.57. The van der Waals surface area contributed by atoms with Crippen LogP contribution in [0.5, 0.6) is 0 Å². The van der Waals surface area contributed by atoms with Crippen molar-refractivity contribution in [3.63, 3.8) is 0 Å². The van der Waals surface area contributed by atoms with Gasteiger partial charge in [0.1, 0.15) is 6.10 Å². The highest BCUT2D eigenvalue weighted by molar-refractivity contribution is 6.83. The molecule has 1 rings (SSSR count). The smallest absolute Gasteiger partial charge is 0.313 e. The molecule has 1 fully saturated rings. The third-order valence-corrected chi connectivity index (χ3v) is 16.6. The quantitative estimate of drug-likeness (QED) is 0.0756. The van der Waals surface area contributed by atoms with E-state index in [0.717, 1.165) is 32.1 Å². The molecule has 0 bridgehead atoms. The number of ether oxygens (including phenoxy) is 1. The van der Waals surface area contributed by atoms with Crippen LogP contribution in [0.1, 0.15) is 112 Å². The van der Waals surface area contributed by atoms with Crippen LogP contribution in [-0.2, 0) is 14.0 Å². The molecule has 1 aliphatic rings. The highest BCUT2D eigenvalue weighted by atomic mass is 28.4. The Morgan fingerprint density at radius 1 is 0.917 bits per heavy atom. The number of carbonyl (C=O) groups excluding carboxylic acids is 1. The van der Waals surface area contributed by atoms with E-state index in [4.69, 9.17) is 9.16 Å². The summed E-state index contributed by atoms with van der Waals surface area (Å²) in [7, 11) is -3.72. The molecule has 0 spiro atoms. The van der Waals surface area contributed by atoms with Crippen LogP contribution >= 0.6 is 0 Å². The summed E-state index contributed by atoms with van der Waals surface area (Å²) in [6, 6.07) is 0. The number of rotatable bonds is 18. The molecule has 0 unspecified atom stereocenters. The molecule has 0 aliphatic carbocycles. The van der Waals surface area contributed by atoms with Crippen LogP contribution in [0.15, 0.2) is 24.3 Å². The number of carbonyl (C=O) groups is 1. The lowest BCUT2D eigenvalue weighted by Gasteiger charge is -2.55. The second-order valence-corrected chi connectivity index (χ2v) is 23.7. The van der Waals surface area contributed by atoms with Crippen molar-refractivity contribution in [2.45, 2.75) is 167 Å². The van der Waals surface area contributed by atoms with Crippen molar-refractivity contribution in [2.75, 3.05) is 0 Å². The second-order valence-electron chi connectivity index (χ2n) is 13.6. The largest absolute Gasteiger partial charge is 0.461 e. The van der Waals surface area contributed by atoms with Gasteiger partial charge in [0.15, 0.2) is 8.32 Å². The third kappa shape index (κ3) is 9.58. The van der Waals surface area contributed by atoms with Gasteiger partial charge in [-0.1, -0.05) is 117 Å². The van der Waals surface area contributed by atoms with E-state index in [1.54, 1.807) is 0 Å². The summed E-state index contributed by atoms with van der Waals surface area (Å²) in [5, 5.41) is -0.108. The first kappa shape index (κ1) is 33.4. The van der Waals surface area contributed by atoms with E-state index in [1.165, 1.54) is 44.9 Å². The molecule has 0 radical (unpaired) electrons. The van der Waals surface area contributed by atoms with Crippen LogP contribution in [-0.4, -0.2) is 34.6 Å². The first-order chi connectivity index (χ1) is 16.7. The van der Waals surface area contributed by atoms with E-state index in [2.05, 4.69) is 91.7 Å². The molecular weight excluding hydrogens is 477 g/mol. The second kappa shape index (κ2) is 15.1. The number of cyclic esters (lactones) is 1. The van der Waals surface area contributed by atoms with Gasteiger partial charge < -0.3 is 9.16 Å². The van der Waals surface area contributed by atoms with Gasteiger partial charge in [0.25, 0.3) is 0 Å². The van der Waals surface area contributed by atoms with Crippen LogP contribution in [0, 0.1) is 0 Å². The van der Waals surface area contributed by atoms with Gasteiger partial charge in [0.05, 0.1) is 19.2 Å². The lowest BCUT2D eigenvalue weighted by molar-refractivity contribution is -0.185. The summed E-state index contributed by atoms with van der Waals surface area (Å²) in [5.41, 5.74) is 0. The normalized spacial score (nSPS) is 22.3. The van der Waals surface area contributed by atoms with Gasteiger partial charge in [-0.05, 0) is 50.2 Å². The molecular formula is C31H60O3Si2. The molecule has 36 heavy (non-hydrogen) atoms. The van der Waals surface area contributed by atoms with Crippen molar-refractivity contribution < 1.29 is 14.0 Å². The standard InChI is InChI=1S/C31H60O3Si2/c1-11-13-15-17-18-19-20-21-22-24-27(34-36(9,10)30(3,4)5)26-28-31(29(32)33-28,35(6,7)8)25-23-16-14-12-2/h18-19,21-22,27-28H,11-17,20,23-26H2,1-10H3/b19-18-,22-21-/t27-,28+,31-/m1/s1. The maximum atomic E-state index is 13.1. The Morgan fingerprint density at radius 3 is 2.08 bits per heavy atom. The molecule has 3 nitrogen and oxygen atoms in total. The summed E-state index contributed by atoms with van der Waals surface area (Å²) in [5.74, 6) is 0.0676. The predicted molar refractivity (Wildman–Crippen MR) is 163 cm³/mol. The third-order valence-electron chi connectivity index (χ3n) is 8.65. The maximum Gasteiger partial charge on any atom is 0.313 e. The van der Waals surface area contributed by atoms with E-state index in [-0.39, 0.29) is 28.3 Å². The average molecular weight is 537 g/mol. The summed E-state index contributed by atoms with van der Waals surface area (Å²) < 4.78 is 12.9. The van der Waals surface area contributed by atoms with Crippen LogP contribution in [0.4, 0.5) is 0 Å². The summed E-state index contributed by atoms with van der Waals surface area (Å²) in [6.45, 7) is 23.2. The van der Waals surface area contributed by atoms with Crippen molar-refractivity contribution in [3.05, 3.63) is 24.3 Å². The monoisotopic (exact) mass is 536 g/mol. The van der Waals surface area contributed by atoms with Crippen LogP contribution in [0.25, 0.3) is 0 Å². The number of hydrogen-bond acceptors (Lipinski definition) is 3. The minimum atomic E-state index is -1.94. The van der Waals surface area contributed by atoms with Gasteiger partial charge in [0.2, 0.25) is 0 Å². The maximum absolute atomic E-state index is 13.1. The van der Waals surface area contributed by atoms with E-state index in [1.807, 2.05) is 0 Å². The molecule has 0 saturated carbocycles. The summed E-state index contributed by atoms with van der Waals surface area (Å²) in [6.07, 6.45) is 22.8. The zero-order valence-electron chi connectivity index (χ0n) is 25.7. The molecule has 0 aromatic heterocycles. The fourth-order valence-corrected chi connectivity index (χ4v) is 9.21. The number of allylic oxidation sites excluding steroid dienone is 3. The molecule has 1 saturated heterocycles. The van der Waals surface area contributed by atoms with Crippen molar-refractivity contribution in [2.24, 2.45) is 0 Å². The molecule has 0 aromatic carbocycles. The highest BCUT2D eigenvalue weighted by Gasteiger charge is 2.64. The topological polar surface area (TPSA) is 35.5 Å². The van der Waals surface area contributed by atoms with Crippen LogP contribution < -0.4 is 0 Å². The number of unbranched alkanes of at least 4 members (excludes halogenated alkanes) is 6. The van der Waals surface area contributed by atoms with Gasteiger partial charge in [-0.15, -0.1) is 0 Å². The average Bonchev–Trinajstić information content (AvgIpc) is 2.75.